The van der Waals surface area contributed by atoms with Crippen molar-refractivity contribution in [2.24, 2.45) is 16.8 Å². The fraction of sp³-hybridized carbons (Fsp3) is 0.344. The zero-order valence-corrected chi connectivity index (χ0v) is 22.4. The van der Waals surface area contributed by atoms with Gasteiger partial charge in [0.25, 0.3) is 0 Å². The molecule has 1 amide bonds. The SMILES string of the molecule is COc1cc(C2C3C(=O)CC(c4ccccc4)CC3=Nc3ccccc3N2C(=O)C2CC2)cc(OC)c1OC. The summed E-state index contributed by atoms with van der Waals surface area (Å²) in [7, 11) is 4.70. The van der Waals surface area contributed by atoms with Crippen molar-refractivity contribution in [2.75, 3.05) is 26.2 Å². The lowest BCUT2D eigenvalue weighted by atomic mass is 9.72. The van der Waals surface area contributed by atoms with Crippen LogP contribution < -0.4 is 19.1 Å². The largest absolute Gasteiger partial charge is 0.493 e. The molecule has 3 aromatic rings. The lowest BCUT2D eigenvalue weighted by Crippen LogP contribution is -2.46. The van der Waals surface area contributed by atoms with Gasteiger partial charge in [-0.2, -0.15) is 0 Å². The predicted octanol–water partition coefficient (Wildman–Crippen LogP) is 6.05. The first-order chi connectivity index (χ1) is 19.0. The first kappa shape index (κ1) is 25.2. The van der Waals surface area contributed by atoms with Crippen molar-refractivity contribution in [1.82, 2.24) is 0 Å². The number of hydrogen-bond acceptors (Lipinski definition) is 6. The van der Waals surface area contributed by atoms with Gasteiger partial charge in [-0.3, -0.25) is 14.6 Å². The third-order valence-electron chi connectivity index (χ3n) is 8.07. The molecule has 7 heteroatoms. The second-order valence-electron chi connectivity index (χ2n) is 10.4. The van der Waals surface area contributed by atoms with Crippen molar-refractivity contribution >= 4 is 28.8 Å². The molecule has 0 N–H and O–H groups in total. The molecule has 3 atom stereocenters. The summed E-state index contributed by atoms with van der Waals surface area (Å²) in [4.78, 5) is 35.2. The number of anilines is 1. The van der Waals surface area contributed by atoms with Crippen molar-refractivity contribution in [3.63, 3.8) is 0 Å². The molecular weight excluding hydrogens is 492 g/mol. The maximum Gasteiger partial charge on any atom is 0.230 e. The fourth-order valence-electron chi connectivity index (χ4n) is 6.05. The Morgan fingerprint density at radius 1 is 0.846 bits per heavy atom. The van der Waals surface area contributed by atoms with Gasteiger partial charge in [0.2, 0.25) is 11.7 Å². The van der Waals surface area contributed by atoms with Crippen LogP contribution in [0.4, 0.5) is 11.4 Å². The molecule has 3 aromatic carbocycles. The Labute approximate surface area is 228 Å². The van der Waals surface area contributed by atoms with Gasteiger partial charge in [-0.05, 0) is 60.6 Å². The summed E-state index contributed by atoms with van der Waals surface area (Å²) in [6.45, 7) is 0. The maximum atomic E-state index is 14.2. The third-order valence-corrected chi connectivity index (χ3v) is 8.07. The van der Waals surface area contributed by atoms with Gasteiger partial charge in [0.05, 0.1) is 44.7 Å². The standard InChI is InChI=1S/C32H32N2O5/c1-37-27-17-22(18-28(38-2)31(27)39-3)30-29-24(15-21(16-26(29)35)19-9-5-4-6-10-19)33-23-11-7-8-12-25(23)34(30)32(36)20-13-14-20/h4-12,17-18,20-21,29-30H,13-16H2,1-3H3. The molecule has 0 radical (unpaired) electrons. The number of ketones is 1. The number of hydrogen-bond donors (Lipinski definition) is 0. The summed E-state index contributed by atoms with van der Waals surface area (Å²) in [6.07, 6.45) is 2.72. The first-order valence-corrected chi connectivity index (χ1v) is 13.4. The molecule has 39 heavy (non-hydrogen) atoms. The molecule has 2 fully saturated rings. The second-order valence-corrected chi connectivity index (χ2v) is 10.4. The molecule has 2 saturated carbocycles. The summed E-state index contributed by atoms with van der Waals surface area (Å²) >= 11 is 0. The van der Waals surface area contributed by atoms with E-state index in [9.17, 15) is 9.59 Å². The van der Waals surface area contributed by atoms with Crippen LogP contribution in [0.5, 0.6) is 17.2 Å². The Morgan fingerprint density at radius 2 is 1.51 bits per heavy atom. The third kappa shape index (κ3) is 4.46. The van der Waals surface area contributed by atoms with Crippen molar-refractivity contribution in [1.29, 1.82) is 0 Å². The number of methoxy groups -OCH3 is 3. The highest BCUT2D eigenvalue weighted by atomic mass is 16.5. The van der Waals surface area contributed by atoms with E-state index in [1.807, 2.05) is 59.5 Å². The van der Waals surface area contributed by atoms with Gasteiger partial charge >= 0.3 is 0 Å². The number of aliphatic imine (C=N–C) groups is 1. The number of para-hydroxylation sites is 2. The van der Waals surface area contributed by atoms with E-state index in [0.29, 0.717) is 35.8 Å². The van der Waals surface area contributed by atoms with Crippen LogP contribution >= 0.6 is 0 Å². The van der Waals surface area contributed by atoms with Crippen LogP contribution in [0.2, 0.25) is 0 Å². The number of Topliss-reactive ketones (excluding diaryl/α,β-unsaturated/α-hetero) is 1. The molecular formula is C32H32N2O5. The highest BCUT2D eigenvalue weighted by molar-refractivity contribution is 6.13. The van der Waals surface area contributed by atoms with Gasteiger partial charge < -0.3 is 19.1 Å². The normalized spacial score (nSPS) is 22.2. The summed E-state index contributed by atoms with van der Waals surface area (Å²) in [5, 5.41) is 0. The first-order valence-electron chi connectivity index (χ1n) is 13.4. The summed E-state index contributed by atoms with van der Waals surface area (Å²) < 4.78 is 16.9. The number of ether oxygens (including phenoxy) is 3. The van der Waals surface area contributed by atoms with E-state index in [4.69, 9.17) is 19.2 Å². The predicted molar refractivity (Wildman–Crippen MR) is 149 cm³/mol. The van der Waals surface area contributed by atoms with Gasteiger partial charge in [0, 0.05) is 18.1 Å². The molecule has 2 aliphatic carbocycles. The van der Waals surface area contributed by atoms with Crippen molar-refractivity contribution in [3.05, 3.63) is 77.9 Å². The van der Waals surface area contributed by atoms with Crippen LogP contribution in [0.15, 0.2) is 71.7 Å². The van der Waals surface area contributed by atoms with Gasteiger partial charge in [0.1, 0.15) is 5.78 Å². The summed E-state index contributed by atoms with van der Waals surface area (Å²) in [5.74, 6) is 0.907. The van der Waals surface area contributed by atoms with Crippen LogP contribution in [0.1, 0.15) is 48.8 Å². The van der Waals surface area contributed by atoms with Crippen LogP contribution in [0.3, 0.4) is 0 Å². The second kappa shape index (κ2) is 10.2. The van der Waals surface area contributed by atoms with E-state index in [1.165, 1.54) is 0 Å². The molecule has 0 aromatic heterocycles. The topological polar surface area (TPSA) is 77.4 Å². The molecule has 0 spiro atoms. The monoisotopic (exact) mass is 524 g/mol. The maximum absolute atomic E-state index is 14.2. The number of carbonyl (C=O) groups excluding carboxylic acids is 2. The van der Waals surface area contributed by atoms with Crippen molar-refractivity contribution < 1.29 is 23.8 Å². The zero-order chi connectivity index (χ0) is 27.1. The molecule has 3 aliphatic rings. The Balaban J connectivity index is 1.56. The number of amides is 1. The van der Waals surface area contributed by atoms with E-state index in [-0.39, 0.29) is 23.5 Å². The quantitative estimate of drug-likeness (QED) is 0.393. The molecule has 1 heterocycles. The number of rotatable bonds is 6. The highest BCUT2D eigenvalue weighted by Crippen LogP contribution is 2.51. The van der Waals surface area contributed by atoms with Gasteiger partial charge in [-0.25, -0.2) is 0 Å². The van der Waals surface area contributed by atoms with Crippen LogP contribution in [0.25, 0.3) is 0 Å². The molecule has 0 saturated heterocycles. The number of carbonyl (C=O) groups is 2. The average molecular weight is 525 g/mol. The molecule has 200 valence electrons. The van der Waals surface area contributed by atoms with Crippen molar-refractivity contribution in [2.45, 2.75) is 37.6 Å². The van der Waals surface area contributed by atoms with Crippen LogP contribution in [-0.4, -0.2) is 38.7 Å². The Morgan fingerprint density at radius 3 is 2.15 bits per heavy atom. The van der Waals surface area contributed by atoms with Gasteiger partial charge in [-0.15, -0.1) is 0 Å². The smallest absolute Gasteiger partial charge is 0.230 e. The molecule has 7 nitrogen and oxygen atoms in total. The molecule has 3 unspecified atom stereocenters. The summed E-state index contributed by atoms with van der Waals surface area (Å²) in [6, 6.07) is 21.0. The lowest BCUT2D eigenvalue weighted by Gasteiger charge is -2.39. The lowest BCUT2D eigenvalue weighted by molar-refractivity contribution is -0.123. The van der Waals surface area contributed by atoms with E-state index >= 15 is 0 Å². The van der Waals surface area contributed by atoms with Crippen LogP contribution in [0, 0.1) is 11.8 Å². The molecule has 0 bridgehead atoms. The Bertz CT molecular complexity index is 1420. The Hall–Kier alpha value is -4.13. The van der Waals surface area contributed by atoms with Crippen molar-refractivity contribution in [3.8, 4) is 17.2 Å². The minimum absolute atomic E-state index is 0.0237. The molecule has 1 aliphatic heterocycles. The van der Waals surface area contributed by atoms with E-state index in [2.05, 4.69) is 12.1 Å². The van der Waals surface area contributed by atoms with Crippen LogP contribution in [-0.2, 0) is 9.59 Å². The van der Waals surface area contributed by atoms with E-state index in [1.54, 1.807) is 21.3 Å². The fourth-order valence-corrected chi connectivity index (χ4v) is 6.05. The van der Waals surface area contributed by atoms with Gasteiger partial charge in [0.15, 0.2) is 11.5 Å². The molecule has 6 rings (SSSR count). The van der Waals surface area contributed by atoms with E-state index in [0.717, 1.165) is 35.4 Å². The highest BCUT2D eigenvalue weighted by Gasteiger charge is 2.48. The average Bonchev–Trinajstić information content (AvgIpc) is 3.83. The zero-order valence-electron chi connectivity index (χ0n) is 22.4. The minimum atomic E-state index is -0.599. The number of nitrogens with zero attached hydrogens (tertiary/aromatic N) is 2. The number of benzene rings is 3. The minimum Gasteiger partial charge on any atom is -0.493 e. The van der Waals surface area contributed by atoms with Gasteiger partial charge in [-0.1, -0.05) is 42.5 Å². The number of fused-ring (bicyclic) bond motifs is 2. The van der Waals surface area contributed by atoms with E-state index < -0.39 is 12.0 Å². The Kier molecular flexibility index (Phi) is 6.59. The summed E-state index contributed by atoms with van der Waals surface area (Å²) in [5.41, 5.74) is 4.11.